The van der Waals surface area contributed by atoms with Crippen LogP contribution in [0.1, 0.15) is 16.8 Å². The maximum Gasteiger partial charge on any atom is 0.216 e. The smallest absolute Gasteiger partial charge is 0.216 e. The third kappa shape index (κ3) is 3.19. The molecule has 0 saturated heterocycles. The van der Waals surface area contributed by atoms with Crippen molar-refractivity contribution in [2.24, 2.45) is 5.10 Å². The van der Waals surface area contributed by atoms with Gasteiger partial charge < -0.3 is 10.2 Å². The van der Waals surface area contributed by atoms with E-state index in [-0.39, 0.29) is 28.5 Å². The van der Waals surface area contributed by atoms with Crippen LogP contribution in [0.4, 0.5) is 4.39 Å². The number of halogens is 1. The van der Waals surface area contributed by atoms with Crippen LogP contribution in [0.5, 0.6) is 5.75 Å². The first-order valence-corrected chi connectivity index (χ1v) is 7.68. The van der Waals surface area contributed by atoms with Gasteiger partial charge in [0, 0.05) is 17.3 Å². The number of aliphatic hydroxyl groups is 1. The summed E-state index contributed by atoms with van der Waals surface area (Å²) in [5.74, 6) is -0.375. The third-order valence-corrected chi connectivity index (χ3v) is 3.86. The zero-order valence-electron chi connectivity index (χ0n) is 13.1. The zero-order chi connectivity index (χ0) is 18.0. The maximum absolute atomic E-state index is 14.0. The van der Waals surface area contributed by atoms with Gasteiger partial charge in [-0.1, -0.05) is 12.1 Å². The van der Waals surface area contributed by atoms with E-state index in [0.29, 0.717) is 16.8 Å². The van der Waals surface area contributed by atoms with E-state index in [9.17, 15) is 14.6 Å². The van der Waals surface area contributed by atoms with E-state index in [1.165, 1.54) is 23.2 Å². The highest BCUT2D eigenvalue weighted by Crippen LogP contribution is 2.23. The van der Waals surface area contributed by atoms with Gasteiger partial charge in [0.1, 0.15) is 11.6 Å². The summed E-state index contributed by atoms with van der Waals surface area (Å²) in [4.78, 5) is 3.98. The van der Waals surface area contributed by atoms with Gasteiger partial charge in [-0.05, 0) is 31.3 Å². The van der Waals surface area contributed by atoms with E-state index in [1.54, 1.807) is 25.1 Å². The average molecular weight is 359 g/mol. The highest BCUT2D eigenvalue weighted by Gasteiger charge is 2.13. The van der Waals surface area contributed by atoms with Crippen molar-refractivity contribution in [3.05, 3.63) is 57.9 Å². The van der Waals surface area contributed by atoms with Gasteiger partial charge in [0.25, 0.3) is 0 Å². The van der Waals surface area contributed by atoms with Crippen LogP contribution in [-0.4, -0.2) is 36.3 Å². The second-order valence-corrected chi connectivity index (χ2v) is 5.56. The Morgan fingerprint density at radius 3 is 2.88 bits per heavy atom. The summed E-state index contributed by atoms with van der Waals surface area (Å²) in [6, 6.07) is 6.10. The molecule has 3 N–H and O–H groups in total. The molecule has 3 aromatic rings. The number of nitrogens with one attached hydrogen (secondary N) is 1. The molecule has 0 aliphatic heterocycles. The molecule has 0 atom stereocenters. The quantitative estimate of drug-likeness (QED) is 0.491. The number of benzene rings is 1. The Balaban J connectivity index is 2.11. The molecule has 3 rings (SSSR count). The molecular formula is C16H14FN5O2S. The fourth-order valence-corrected chi connectivity index (χ4v) is 2.43. The standard InChI is InChI=1S/C16H14FN5O2S/c1-9-14(24)12(10(8-23)6-18-9)7-19-22-15(20-21-16(22)25)11-4-2-3-5-13(11)17/h2-7,23-24H,8H2,1H3,(H,21,25)/b19-7+. The van der Waals surface area contributed by atoms with Crippen molar-refractivity contribution in [3.8, 4) is 17.1 Å². The van der Waals surface area contributed by atoms with E-state index in [0.717, 1.165) is 0 Å². The second kappa shape index (κ2) is 6.91. The maximum atomic E-state index is 14.0. The van der Waals surface area contributed by atoms with Crippen molar-refractivity contribution in [1.29, 1.82) is 0 Å². The van der Waals surface area contributed by atoms with Gasteiger partial charge >= 0.3 is 0 Å². The van der Waals surface area contributed by atoms with Crippen LogP contribution in [0, 0.1) is 17.5 Å². The number of hydrogen-bond acceptors (Lipinski definition) is 6. The Morgan fingerprint density at radius 1 is 1.40 bits per heavy atom. The number of aliphatic hydroxyl groups excluding tert-OH is 1. The fourth-order valence-electron chi connectivity index (χ4n) is 2.25. The summed E-state index contributed by atoms with van der Waals surface area (Å²) in [5, 5.41) is 30.3. The van der Waals surface area contributed by atoms with E-state index in [2.05, 4.69) is 20.3 Å². The van der Waals surface area contributed by atoms with E-state index in [4.69, 9.17) is 12.2 Å². The van der Waals surface area contributed by atoms with Crippen molar-refractivity contribution in [2.75, 3.05) is 0 Å². The Morgan fingerprint density at radius 2 is 2.16 bits per heavy atom. The summed E-state index contributed by atoms with van der Waals surface area (Å²) >= 11 is 5.14. The number of rotatable bonds is 4. The molecule has 128 valence electrons. The molecule has 0 radical (unpaired) electrons. The second-order valence-electron chi connectivity index (χ2n) is 5.18. The Bertz CT molecular complexity index is 1010. The lowest BCUT2D eigenvalue weighted by Gasteiger charge is -2.07. The van der Waals surface area contributed by atoms with E-state index in [1.807, 2.05) is 0 Å². The molecule has 0 saturated carbocycles. The first kappa shape index (κ1) is 16.9. The predicted molar refractivity (Wildman–Crippen MR) is 92.4 cm³/mol. The average Bonchev–Trinajstić information content (AvgIpc) is 2.97. The normalized spacial score (nSPS) is 11.3. The Kier molecular flexibility index (Phi) is 4.68. The molecule has 1 aromatic carbocycles. The molecule has 9 heteroatoms. The minimum atomic E-state index is -0.466. The molecule has 25 heavy (non-hydrogen) atoms. The molecule has 7 nitrogen and oxygen atoms in total. The number of aromatic nitrogens is 4. The number of aromatic hydroxyl groups is 1. The Hall–Kier alpha value is -2.91. The number of aromatic amines is 1. The van der Waals surface area contributed by atoms with Crippen LogP contribution >= 0.6 is 12.2 Å². The minimum absolute atomic E-state index is 0.0993. The van der Waals surface area contributed by atoms with Gasteiger partial charge in [-0.2, -0.15) is 14.9 Å². The molecule has 2 heterocycles. The van der Waals surface area contributed by atoms with E-state index < -0.39 is 5.82 Å². The van der Waals surface area contributed by atoms with E-state index >= 15 is 0 Å². The largest absolute Gasteiger partial charge is 0.505 e. The molecular weight excluding hydrogens is 345 g/mol. The molecule has 0 aliphatic carbocycles. The first-order valence-electron chi connectivity index (χ1n) is 7.28. The van der Waals surface area contributed by atoms with Crippen molar-refractivity contribution >= 4 is 18.4 Å². The molecule has 0 amide bonds. The van der Waals surface area contributed by atoms with Crippen molar-refractivity contribution in [3.63, 3.8) is 0 Å². The lowest BCUT2D eigenvalue weighted by Crippen LogP contribution is -2.01. The zero-order valence-corrected chi connectivity index (χ0v) is 14.0. The Labute approximate surface area is 147 Å². The molecule has 0 aliphatic rings. The molecule has 0 fully saturated rings. The van der Waals surface area contributed by atoms with Crippen molar-refractivity contribution < 1.29 is 14.6 Å². The van der Waals surface area contributed by atoms with Crippen LogP contribution in [0.25, 0.3) is 11.4 Å². The summed E-state index contributed by atoms with van der Waals surface area (Å²) in [6.45, 7) is 1.31. The summed E-state index contributed by atoms with van der Waals surface area (Å²) < 4.78 is 15.4. The fraction of sp³-hybridized carbons (Fsp3) is 0.125. The van der Waals surface area contributed by atoms with Crippen LogP contribution in [0.15, 0.2) is 35.6 Å². The van der Waals surface area contributed by atoms with Crippen LogP contribution in [0.3, 0.4) is 0 Å². The number of aryl methyl sites for hydroxylation is 1. The summed E-state index contributed by atoms with van der Waals surface area (Å²) in [5.41, 5.74) is 1.32. The number of H-pyrrole nitrogens is 1. The highest BCUT2D eigenvalue weighted by atomic mass is 32.1. The van der Waals surface area contributed by atoms with Gasteiger partial charge in [0.05, 0.1) is 24.1 Å². The van der Waals surface area contributed by atoms with Crippen LogP contribution in [0.2, 0.25) is 0 Å². The van der Waals surface area contributed by atoms with Crippen LogP contribution in [-0.2, 0) is 6.61 Å². The predicted octanol–water partition coefficient (Wildman–Crippen LogP) is 2.53. The van der Waals surface area contributed by atoms with Gasteiger partial charge in [0.15, 0.2) is 5.82 Å². The third-order valence-electron chi connectivity index (χ3n) is 3.60. The lowest BCUT2D eigenvalue weighted by atomic mass is 10.1. The van der Waals surface area contributed by atoms with Gasteiger partial charge in [-0.3, -0.25) is 4.98 Å². The van der Waals surface area contributed by atoms with Gasteiger partial charge in [-0.25, -0.2) is 9.49 Å². The number of pyridine rings is 1. The highest BCUT2D eigenvalue weighted by molar-refractivity contribution is 7.71. The molecule has 0 spiro atoms. The number of nitrogens with zero attached hydrogens (tertiary/aromatic N) is 4. The summed E-state index contributed by atoms with van der Waals surface area (Å²) in [7, 11) is 0. The molecule has 0 bridgehead atoms. The van der Waals surface area contributed by atoms with Crippen molar-refractivity contribution in [2.45, 2.75) is 13.5 Å². The van der Waals surface area contributed by atoms with Gasteiger partial charge in [-0.15, -0.1) is 0 Å². The minimum Gasteiger partial charge on any atom is -0.505 e. The molecule has 2 aromatic heterocycles. The monoisotopic (exact) mass is 359 g/mol. The lowest BCUT2D eigenvalue weighted by molar-refractivity contribution is 0.280. The topological polar surface area (TPSA) is 99.3 Å². The molecule has 0 unspecified atom stereocenters. The SMILES string of the molecule is Cc1ncc(CO)c(/C=N/n2c(-c3ccccc3F)n[nH]c2=S)c1O. The summed E-state index contributed by atoms with van der Waals surface area (Å²) in [6.07, 6.45) is 2.77. The van der Waals surface area contributed by atoms with Crippen molar-refractivity contribution in [1.82, 2.24) is 19.9 Å². The van der Waals surface area contributed by atoms with Gasteiger partial charge in [0.2, 0.25) is 4.77 Å². The van der Waals surface area contributed by atoms with Crippen LogP contribution < -0.4 is 0 Å². The first-order chi connectivity index (χ1) is 12.0. The number of hydrogen-bond donors (Lipinski definition) is 3.